The Morgan fingerprint density at radius 3 is 3.00 bits per heavy atom. The van der Waals surface area contributed by atoms with Crippen molar-refractivity contribution in [2.45, 2.75) is 25.4 Å². The predicted molar refractivity (Wildman–Crippen MR) is 45.0 cm³/mol. The van der Waals surface area contributed by atoms with E-state index in [0.29, 0.717) is 6.42 Å². The molecule has 1 atom stereocenters. The third-order valence-electron chi connectivity index (χ3n) is 1.70. The summed E-state index contributed by atoms with van der Waals surface area (Å²) in [6.07, 6.45) is 5.92. The van der Waals surface area contributed by atoms with Crippen molar-refractivity contribution in [2.75, 3.05) is 0 Å². The van der Waals surface area contributed by atoms with Crippen LogP contribution in [0, 0.1) is 11.3 Å². The van der Waals surface area contributed by atoms with Crippen LogP contribution in [0.3, 0.4) is 0 Å². The molecule has 0 aliphatic rings. The highest BCUT2D eigenvalue weighted by molar-refractivity contribution is 5.00. The third kappa shape index (κ3) is 2.36. The van der Waals surface area contributed by atoms with Gasteiger partial charge < -0.3 is 10.3 Å². The van der Waals surface area contributed by atoms with Crippen molar-refractivity contribution in [3.63, 3.8) is 0 Å². The normalized spacial score (nSPS) is 15.1. The highest BCUT2D eigenvalue weighted by atomic mass is 15.0. The molecule has 4 nitrogen and oxygen atoms in total. The zero-order chi connectivity index (χ0) is 9.03. The van der Waals surface area contributed by atoms with Crippen LogP contribution < -0.4 is 5.73 Å². The summed E-state index contributed by atoms with van der Waals surface area (Å²) >= 11 is 0. The van der Waals surface area contributed by atoms with Crippen LogP contribution in [0.4, 0.5) is 0 Å². The smallest absolute Gasteiger partial charge is 0.103 e. The van der Waals surface area contributed by atoms with Crippen LogP contribution in [0.2, 0.25) is 0 Å². The second-order valence-corrected chi connectivity index (χ2v) is 3.08. The Balaban J connectivity index is 2.42. The Hall–Kier alpha value is -1.34. The molecule has 0 aliphatic carbocycles. The average Bonchev–Trinajstić information content (AvgIpc) is 2.53. The summed E-state index contributed by atoms with van der Waals surface area (Å²) in [6.45, 7) is 2.46. The molecule has 0 saturated heterocycles. The van der Waals surface area contributed by atoms with E-state index in [2.05, 4.69) is 4.98 Å². The van der Waals surface area contributed by atoms with E-state index in [9.17, 15) is 0 Å². The number of nitriles is 1. The van der Waals surface area contributed by atoms with Crippen molar-refractivity contribution in [1.29, 1.82) is 5.26 Å². The molecule has 2 N–H and O–H groups in total. The monoisotopic (exact) mass is 164 g/mol. The first-order chi connectivity index (χ1) is 5.64. The van der Waals surface area contributed by atoms with Crippen molar-refractivity contribution in [1.82, 2.24) is 9.55 Å². The Labute approximate surface area is 71.6 Å². The standard InChI is InChI=1S/C8H12N4/c1-8(10,6-9)2-4-12-5-3-11-7-12/h3,5,7H,2,4,10H2,1H3. The quantitative estimate of drug-likeness (QED) is 0.707. The van der Waals surface area contributed by atoms with Gasteiger partial charge in [-0.15, -0.1) is 0 Å². The van der Waals surface area contributed by atoms with Gasteiger partial charge >= 0.3 is 0 Å². The molecule has 0 radical (unpaired) electrons. The van der Waals surface area contributed by atoms with Gasteiger partial charge in [-0.3, -0.25) is 0 Å². The van der Waals surface area contributed by atoms with Gasteiger partial charge in [0.1, 0.15) is 5.54 Å². The van der Waals surface area contributed by atoms with Crippen LogP contribution in [0.25, 0.3) is 0 Å². The summed E-state index contributed by atoms with van der Waals surface area (Å²) in [5.41, 5.74) is 4.91. The zero-order valence-corrected chi connectivity index (χ0v) is 7.07. The van der Waals surface area contributed by atoms with E-state index in [4.69, 9.17) is 11.0 Å². The Morgan fingerprint density at radius 1 is 1.75 bits per heavy atom. The summed E-state index contributed by atoms with van der Waals surface area (Å²) in [6, 6.07) is 2.05. The van der Waals surface area contributed by atoms with E-state index in [1.165, 1.54) is 0 Å². The summed E-state index contributed by atoms with van der Waals surface area (Å²) in [7, 11) is 0. The number of hydrogen-bond acceptors (Lipinski definition) is 3. The largest absolute Gasteiger partial charge is 0.337 e. The SMILES string of the molecule is CC(N)(C#N)CCn1ccnc1. The highest BCUT2D eigenvalue weighted by Crippen LogP contribution is 2.05. The first-order valence-corrected chi connectivity index (χ1v) is 3.80. The molecule has 1 aromatic heterocycles. The Morgan fingerprint density at radius 2 is 2.50 bits per heavy atom. The second kappa shape index (κ2) is 3.37. The van der Waals surface area contributed by atoms with Crippen LogP contribution in [0.15, 0.2) is 18.7 Å². The molecule has 0 aliphatic heterocycles. The van der Waals surface area contributed by atoms with E-state index in [1.807, 2.05) is 16.8 Å². The molecule has 1 heterocycles. The summed E-state index contributed by atoms with van der Waals surface area (Å²) < 4.78 is 1.91. The fraction of sp³-hybridized carbons (Fsp3) is 0.500. The van der Waals surface area contributed by atoms with E-state index >= 15 is 0 Å². The van der Waals surface area contributed by atoms with Gasteiger partial charge in [0.05, 0.1) is 12.4 Å². The molecular formula is C8H12N4. The number of nitrogens with two attached hydrogens (primary N) is 1. The molecule has 0 aromatic carbocycles. The molecule has 1 rings (SSSR count). The van der Waals surface area contributed by atoms with E-state index in [0.717, 1.165) is 6.54 Å². The fourth-order valence-corrected chi connectivity index (χ4v) is 0.836. The highest BCUT2D eigenvalue weighted by Gasteiger charge is 2.16. The van der Waals surface area contributed by atoms with Crippen LogP contribution in [0.1, 0.15) is 13.3 Å². The first-order valence-electron chi connectivity index (χ1n) is 3.80. The number of nitrogens with zero attached hydrogens (tertiary/aromatic N) is 3. The molecule has 0 spiro atoms. The van der Waals surface area contributed by atoms with E-state index in [-0.39, 0.29) is 0 Å². The number of imidazole rings is 1. The number of aromatic nitrogens is 2. The molecule has 12 heavy (non-hydrogen) atoms. The van der Waals surface area contributed by atoms with E-state index < -0.39 is 5.54 Å². The summed E-state index contributed by atoms with van der Waals surface area (Å²) in [4.78, 5) is 3.89. The van der Waals surface area contributed by atoms with Crippen LogP contribution >= 0.6 is 0 Å². The Bertz CT molecular complexity index is 268. The minimum atomic E-state index is -0.732. The molecule has 4 heteroatoms. The number of aryl methyl sites for hydroxylation is 1. The number of rotatable bonds is 3. The summed E-state index contributed by atoms with van der Waals surface area (Å²) in [5, 5.41) is 8.62. The van der Waals surface area contributed by atoms with Crippen molar-refractivity contribution in [3.05, 3.63) is 18.7 Å². The van der Waals surface area contributed by atoms with Gasteiger partial charge in [0.15, 0.2) is 0 Å². The van der Waals surface area contributed by atoms with Gasteiger partial charge in [-0.25, -0.2) is 4.98 Å². The topological polar surface area (TPSA) is 67.6 Å². The molecule has 0 bridgehead atoms. The lowest BCUT2D eigenvalue weighted by atomic mass is 10.0. The molecular weight excluding hydrogens is 152 g/mol. The van der Waals surface area contributed by atoms with E-state index in [1.54, 1.807) is 19.4 Å². The van der Waals surface area contributed by atoms with Gasteiger partial charge in [0, 0.05) is 18.9 Å². The molecule has 0 amide bonds. The Kier molecular flexibility index (Phi) is 2.46. The summed E-state index contributed by atoms with van der Waals surface area (Å²) in [5.74, 6) is 0. The van der Waals surface area contributed by atoms with Crippen LogP contribution in [-0.2, 0) is 6.54 Å². The molecule has 1 aromatic rings. The van der Waals surface area contributed by atoms with Crippen molar-refractivity contribution < 1.29 is 0 Å². The lowest BCUT2D eigenvalue weighted by Gasteiger charge is -2.14. The van der Waals surface area contributed by atoms with Crippen molar-refractivity contribution in [2.24, 2.45) is 5.73 Å². The fourth-order valence-electron chi connectivity index (χ4n) is 0.836. The molecule has 0 saturated carbocycles. The minimum Gasteiger partial charge on any atom is -0.337 e. The minimum absolute atomic E-state index is 0.639. The average molecular weight is 164 g/mol. The molecule has 0 fully saturated rings. The maximum absolute atomic E-state index is 8.62. The number of hydrogen-bond donors (Lipinski definition) is 1. The first kappa shape index (κ1) is 8.75. The molecule has 64 valence electrons. The van der Waals surface area contributed by atoms with Gasteiger partial charge in [-0.1, -0.05) is 0 Å². The predicted octanol–water partition coefficient (Wildman–Crippen LogP) is 0.514. The molecule has 1 unspecified atom stereocenters. The lowest BCUT2D eigenvalue weighted by Crippen LogP contribution is -2.35. The van der Waals surface area contributed by atoms with Gasteiger partial charge in [-0.05, 0) is 13.3 Å². The lowest BCUT2D eigenvalue weighted by molar-refractivity contribution is 0.490. The van der Waals surface area contributed by atoms with Crippen molar-refractivity contribution >= 4 is 0 Å². The van der Waals surface area contributed by atoms with Crippen molar-refractivity contribution in [3.8, 4) is 6.07 Å². The third-order valence-corrected chi connectivity index (χ3v) is 1.70. The maximum Gasteiger partial charge on any atom is 0.103 e. The van der Waals surface area contributed by atoms with Gasteiger partial charge in [0.2, 0.25) is 0 Å². The second-order valence-electron chi connectivity index (χ2n) is 3.08. The van der Waals surface area contributed by atoms with Gasteiger partial charge in [0.25, 0.3) is 0 Å². The van der Waals surface area contributed by atoms with Crippen LogP contribution in [0.5, 0.6) is 0 Å². The maximum atomic E-state index is 8.62. The van der Waals surface area contributed by atoms with Crippen LogP contribution in [-0.4, -0.2) is 15.1 Å². The van der Waals surface area contributed by atoms with Gasteiger partial charge in [-0.2, -0.15) is 5.26 Å². The zero-order valence-electron chi connectivity index (χ0n) is 7.07.